The average Bonchev–Trinajstić information content (AvgIpc) is 2.50. The first-order valence-electron chi connectivity index (χ1n) is 7.36. The second kappa shape index (κ2) is 6.63. The van der Waals surface area contributed by atoms with Crippen molar-refractivity contribution in [3.63, 3.8) is 0 Å². The number of hydrogen-bond donors (Lipinski definition) is 0. The van der Waals surface area contributed by atoms with Crippen LogP contribution in [0.25, 0.3) is 0 Å². The first kappa shape index (κ1) is 15.4. The van der Waals surface area contributed by atoms with E-state index in [-0.39, 0.29) is 5.41 Å². The molecule has 1 aliphatic carbocycles. The van der Waals surface area contributed by atoms with Gasteiger partial charge in [-0.15, -0.1) is 0 Å². The summed E-state index contributed by atoms with van der Waals surface area (Å²) in [4.78, 5) is 0. The molecule has 1 fully saturated rings. The van der Waals surface area contributed by atoms with Gasteiger partial charge < -0.3 is 4.74 Å². The summed E-state index contributed by atoms with van der Waals surface area (Å²) in [6.45, 7) is 2.25. The smallest absolute Gasteiger partial charge is 0.119 e. The maximum Gasteiger partial charge on any atom is 0.119 e. The Morgan fingerprint density at radius 3 is 2.65 bits per heavy atom. The molecule has 1 aliphatic rings. The van der Waals surface area contributed by atoms with Gasteiger partial charge in [0.25, 0.3) is 0 Å². The van der Waals surface area contributed by atoms with Crippen LogP contribution in [0.2, 0.25) is 0 Å². The minimum Gasteiger partial charge on any atom is -0.497 e. The predicted molar refractivity (Wildman–Crippen MR) is 84.7 cm³/mol. The fourth-order valence-electron chi connectivity index (χ4n) is 3.14. The van der Waals surface area contributed by atoms with Crippen molar-refractivity contribution in [2.75, 3.05) is 7.11 Å². The Labute approximate surface area is 130 Å². The van der Waals surface area contributed by atoms with Gasteiger partial charge in [-0.25, -0.2) is 0 Å². The van der Waals surface area contributed by atoms with E-state index in [9.17, 15) is 5.26 Å². The molecule has 1 aromatic rings. The molecule has 0 saturated heterocycles. The van der Waals surface area contributed by atoms with E-state index < -0.39 is 0 Å². The highest BCUT2D eigenvalue weighted by atomic mass is 79.9. The van der Waals surface area contributed by atoms with Gasteiger partial charge in [0, 0.05) is 4.47 Å². The Bertz CT molecular complexity index is 498. The van der Waals surface area contributed by atoms with Crippen LogP contribution in [0.15, 0.2) is 22.7 Å². The Balaban J connectivity index is 2.17. The molecule has 0 spiro atoms. The van der Waals surface area contributed by atoms with Crippen molar-refractivity contribution < 1.29 is 4.74 Å². The minimum atomic E-state index is -0.194. The number of nitrogens with zero attached hydrogens (tertiary/aromatic N) is 1. The van der Waals surface area contributed by atoms with Crippen LogP contribution in [-0.2, 0) is 6.42 Å². The van der Waals surface area contributed by atoms with Crippen LogP contribution in [0, 0.1) is 22.7 Å². The molecule has 0 radical (unpaired) electrons. The third-order valence-electron chi connectivity index (χ3n) is 4.66. The molecule has 0 atom stereocenters. The van der Waals surface area contributed by atoms with Crippen molar-refractivity contribution in [2.45, 2.75) is 45.4 Å². The van der Waals surface area contributed by atoms with Gasteiger partial charge in [-0.1, -0.05) is 29.3 Å². The lowest BCUT2D eigenvalue weighted by atomic mass is 9.68. The van der Waals surface area contributed by atoms with Crippen molar-refractivity contribution >= 4 is 15.9 Å². The molecular formula is C17H22BrNO. The highest BCUT2D eigenvalue weighted by Gasteiger charge is 2.35. The fraction of sp³-hybridized carbons (Fsp3) is 0.588. The van der Waals surface area contributed by atoms with E-state index in [1.54, 1.807) is 7.11 Å². The van der Waals surface area contributed by atoms with Gasteiger partial charge in [0.05, 0.1) is 18.6 Å². The van der Waals surface area contributed by atoms with Gasteiger partial charge in [-0.2, -0.15) is 5.26 Å². The first-order valence-corrected chi connectivity index (χ1v) is 8.15. The number of nitriles is 1. The summed E-state index contributed by atoms with van der Waals surface area (Å²) in [6, 6.07) is 8.62. The molecule has 20 heavy (non-hydrogen) atoms. The van der Waals surface area contributed by atoms with E-state index in [4.69, 9.17) is 4.74 Å². The average molecular weight is 336 g/mol. The van der Waals surface area contributed by atoms with Gasteiger partial charge in [-0.3, -0.25) is 0 Å². The maximum atomic E-state index is 9.68. The number of methoxy groups -OCH3 is 1. The van der Waals surface area contributed by atoms with Crippen LogP contribution in [0.4, 0.5) is 0 Å². The number of halogens is 1. The summed E-state index contributed by atoms with van der Waals surface area (Å²) in [5.74, 6) is 1.67. The lowest BCUT2D eigenvalue weighted by Crippen LogP contribution is -2.28. The van der Waals surface area contributed by atoms with E-state index in [0.29, 0.717) is 0 Å². The lowest BCUT2D eigenvalue weighted by molar-refractivity contribution is 0.205. The quantitative estimate of drug-likeness (QED) is 0.765. The van der Waals surface area contributed by atoms with E-state index in [1.165, 1.54) is 24.8 Å². The first-order chi connectivity index (χ1) is 9.62. The zero-order chi connectivity index (χ0) is 14.6. The van der Waals surface area contributed by atoms with E-state index in [0.717, 1.165) is 35.4 Å². The second-order valence-corrected chi connectivity index (χ2v) is 6.73. The second-order valence-electron chi connectivity index (χ2n) is 5.88. The Hall–Kier alpha value is -1.01. The molecular weight excluding hydrogens is 314 g/mol. The highest BCUT2D eigenvalue weighted by Crippen LogP contribution is 2.43. The molecule has 0 amide bonds. The van der Waals surface area contributed by atoms with Crippen molar-refractivity contribution in [3.05, 3.63) is 28.2 Å². The van der Waals surface area contributed by atoms with Crippen molar-refractivity contribution in [1.29, 1.82) is 5.26 Å². The van der Waals surface area contributed by atoms with E-state index >= 15 is 0 Å². The lowest BCUT2D eigenvalue weighted by Gasteiger charge is -2.35. The maximum absolute atomic E-state index is 9.68. The minimum absolute atomic E-state index is 0.194. The summed E-state index contributed by atoms with van der Waals surface area (Å²) in [5.41, 5.74) is 0.987. The van der Waals surface area contributed by atoms with Gasteiger partial charge in [0.2, 0.25) is 0 Å². The predicted octanol–water partition coefficient (Wildman–Crippen LogP) is 5.11. The van der Waals surface area contributed by atoms with Gasteiger partial charge in [-0.05, 0) is 61.8 Å². The Morgan fingerprint density at radius 2 is 2.10 bits per heavy atom. The summed E-state index contributed by atoms with van der Waals surface area (Å²) in [7, 11) is 1.68. The Morgan fingerprint density at radius 1 is 1.40 bits per heavy atom. The van der Waals surface area contributed by atoms with Crippen LogP contribution >= 0.6 is 15.9 Å². The molecule has 2 rings (SSSR count). The van der Waals surface area contributed by atoms with Crippen LogP contribution in [0.5, 0.6) is 5.75 Å². The van der Waals surface area contributed by atoms with Crippen molar-refractivity contribution in [2.24, 2.45) is 11.3 Å². The molecule has 1 aromatic carbocycles. The van der Waals surface area contributed by atoms with E-state index in [2.05, 4.69) is 35.0 Å². The van der Waals surface area contributed by atoms with Crippen LogP contribution in [0.1, 0.15) is 44.6 Å². The van der Waals surface area contributed by atoms with Gasteiger partial charge >= 0.3 is 0 Å². The zero-order valence-corrected chi connectivity index (χ0v) is 13.9. The van der Waals surface area contributed by atoms with Crippen molar-refractivity contribution in [1.82, 2.24) is 0 Å². The summed E-state index contributed by atoms with van der Waals surface area (Å²) in [5, 5.41) is 9.68. The molecule has 3 heteroatoms. The standard InChI is InChI=1S/C17H22BrNO/c1-3-13-6-8-17(12-19,9-7-13)11-14-10-15(20-2)4-5-16(14)18/h4-5,10,13H,3,6-9,11H2,1-2H3. The van der Waals surface area contributed by atoms with Gasteiger partial charge in [0.1, 0.15) is 5.75 Å². The van der Waals surface area contributed by atoms with Crippen LogP contribution in [0.3, 0.4) is 0 Å². The summed E-state index contributed by atoms with van der Waals surface area (Å²) in [6.07, 6.45) is 6.47. The molecule has 108 valence electrons. The fourth-order valence-corrected chi connectivity index (χ4v) is 3.53. The third-order valence-corrected chi connectivity index (χ3v) is 5.43. The molecule has 2 nitrogen and oxygen atoms in total. The number of ether oxygens (including phenoxy) is 1. The van der Waals surface area contributed by atoms with E-state index in [1.807, 2.05) is 12.1 Å². The van der Waals surface area contributed by atoms with Gasteiger partial charge in [0.15, 0.2) is 0 Å². The highest BCUT2D eigenvalue weighted by molar-refractivity contribution is 9.10. The molecule has 0 aliphatic heterocycles. The summed E-state index contributed by atoms with van der Waals surface area (Å²) >= 11 is 3.60. The molecule has 0 unspecified atom stereocenters. The zero-order valence-electron chi connectivity index (χ0n) is 12.3. The molecule has 1 saturated carbocycles. The molecule has 0 aromatic heterocycles. The van der Waals surface area contributed by atoms with Crippen LogP contribution in [-0.4, -0.2) is 7.11 Å². The monoisotopic (exact) mass is 335 g/mol. The molecule has 0 heterocycles. The third kappa shape index (κ3) is 3.35. The largest absolute Gasteiger partial charge is 0.497 e. The van der Waals surface area contributed by atoms with Crippen LogP contribution < -0.4 is 4.74 Å². The number of benzene rings is 1. The molecule has 0 bridgehead atoms. The summed E-state index contributed by atoms with van der Waals surface area (Å²) < 4.78 is 6.37. The molecule has 0 N–H and O–H groups in total. The number of rotatable bonds is 4. The SMILES string of the molecule is CCC1CCC(C#N)(Cc2cc(OC)ccc2Br)CC1. The normalized spacial score (nSPS) is 26.0. The number of hydrogen-bond acceptors (Lipinski definition) is 2. The van der Waals surface area contributed by atoms with Crippen molar-refractivity contribution in [3.8, 4) is 11.8 Å². The Kier molecular flexibility index (Phi) is 5.10. The topological polar surface area (TPSA) is 33.0 Å².